The predicted octanol–water partition coefficient (Wildman–Crippen LogP) is 1.70. The van der Waals surface area contributed by atoms with Gasteiger partial charge in [-0.1, -0.05) is 6.07 Å². The van der Waals surface area contributed by atoms with Gasteiger partial charge in [-0.15, -0.1) is 0 Å². The number of fused-ring (bicyclic) bond motifs is 1. The Balaban J connectivity index is 2.24. The van der Waals surface area contributed by atoms with Gasteiger partial charge >= 0.3 is 0 Å². The van der Waals surface area contributed by atoms with E-state index in [4.69, 9.17) is 5.26 Å². The van der Waals surface area contributed by atoms with Crippen molar-refractivity contribution in [2.75, 3.05) is 6.26 Å². The van der Waals surface area contributed by atoms with Gasteiger partial charge in [0, 0.05) is 11.9 Å². The summed E-state index contributed by atoms with van der Waals surface area (Å²) in [5, 5.41) is 8.93. The molecule has 0 aliphatic heterocycles. The average Bonchev–Trinajstić information content (AvgIpc) is 2.89. The molecule has 0 aliphatic rings. The molecule has 2 aromatic heterocycles. The van der Waals surface area contributed by atoms with Gasteiger partial charge in [0.15, 0.2) is 15.5 Å². The van der Waals surface area contributed by atoms with Crippen LogP contribution in [0.3, 0.4) is 0 Å². The Hall–Kier alpha value is -2.72. The number of nitrogens with zero attached hydrogens (tertiary/aromatic N) is 4. The zero-order valence-electron chi connectivity index (χ0n) is 11.1. The molecule has 7 heteroatoms. The van der Waals surface area contributed by atoms with E-state index in [1.54, 1.807) is 41.2 Å². The van der Waals surface area contributed by atoms with E-state index in [0.29, 0.717) is 16.9 Å². The number of hydrogen-bond acceptors (Lipinski definition) is 5. The molecule has 1 aromatic carbocycles. The van der Waals surface area contributed by atoms with Crippen LogP contribution >= 0.6 is 0 Å². The minimum atomic E-state index is -3.29. The lowest BCUT2D eigenvalue weighted by Crippen LogP contribution is -2.00. The van der Waals surface area contributed by atoms with E-state index in [0.717, 1.165) is 6.26 Å². The molecular formula is C14H10N4O2S. The number of rotatable bonds is 2. The molecule has 2 heterocycles. The molecule has 0 amide bonds. The zero-order valence-corrected chi connectivity index (χ0v) is 11.9. The number of benzene rings is 1. The molecule has 0 atom stereocenters. The van der Waals surface area contributed by atoms with E-state index in [2.05, 4.69) is 9.97 Å². The van der Waals surface area contributed by atoms with Crippen LogP contribution in [0.5, 0.6) is 0 Å². The molecule has 0 bridgehead atoms. The Kier molecular flexibility index (Phi) is 2.96. The van der Waals surface area contributed by atoms with Gasteiger partial charge in [0.1, 0.15) is 23.6 Å². The number of sulfone groups is 1. The average molecular weight is 298 g/mol. The lowest BCUT2D eigenvalue weighted by molar-refractivity contribution is 0.602. The van der Waals surface area contributed by atoms with Gasteiger partial charge in [-0.05, 0) is 30.3 Å². The molecule has 0 fully saturated rings. The maximum atomic E-state index is 11.6. The number of pyridine rings is 1. The summed E-state index contributed by atoms with van der Waals surface area (Å²) in [5.41, 5.74) is 2.06. The summed E-state index contributed by atoms with van der Waals surface area (Å²) in [6, 6.07) is 11.8. The van der Waals surface area contributed by atoms with Crippen LogP contribution in [0.4, 0.5) is 0 Å². The van der Waals surface area contributed by atoms with Crippen LogP contribution in [-0.2, 0) is 9.84 Å². The van der Waals surface area contributed by atoms with Crippen molar-refractivity contribution in [2.24, 2.45) is 0 Å². The molecule has 0 aliphatic carbocycles. The lowest BCUT2D eigenvalue weighted by Gasteiger charge is -2.05. The Morgan fingerprint density at radius 2 is 2.05 bits per heavy atom. The first-order valence-corrected chi connectivity index (χ1v) is 7.93. The molecule has 104 valence electrons. The highest BCUT2D eigenvalue weighted by Crippen LogP contribution is 2.19. The number of imidazole rings is 1. The van der Waals surface area contributed by atoms with Crippen LogP contribution in [0.1, 0.15) is 5.69 Å². The molecule has 0 saturated heterocycles. The first-order valence-electron chi connectivity index (χ1n) is 6.04. The molecular weight excluding hydrogens is 288 g/mol. The second kappa shape index (κ2) is 4.68. The van der Waals surface area contributed by atoms with Gasteiger partial charge in [-0.25, -0.2) is 18.4 Å². The fraction of sp³-hybridized carbons (Fsp3) is 0.0714. The highest BCUT2D eigenvalue weighted by molar-refractivity contribution is 7.90. The molecule has 0 unspecified atom stereocenters. The van der Waals surface area contributed by atoms with E-state index in [1.165, 1.54) is 6.07 Å². The van der Waals surface area contributed by atoms with Crippen LogP contribution in [-0.4, -0.2) is 29.2 Å². The van der Waals surface area contributed by atoms with Crippen molar-refractivity contribution in [1.29, 1.82) is 5.26 Å². The van der Waals surface area contributed by atoms with Gasteiger partial charge in [-0.3, -0.25) is 4.57 Å². The molecule has 21 heavy (non-hydrogen) atoms. The summed E-state index contributed by atoms with van der Waals surface area (Å²) < 4.78 is 24.9. The molecule has 3 rings (SSSR count). The Morgan fingerprint density at radius 3 is 2.76 bits per heavy atom. The van der Waals surface area contributed by atoms with E-state index < -0.39 is 9.84 Å². The van der Waals surface area contributed by atoms with Crippen molar-refractivity contribution in [2.45, 2.75) is 4.90 Å². The quantitative estimate of drug-likeness (QED) is 0.718. The predicted molar refractivity (Wildman–Crippen MR) is 76.7 cm³/mol. The van der Waals surface area contributed by atoms with Gasteiger partial charge in [0.25, 0.3) is 0 Å². The third-order valence-electron chi connectivity index (χ3n) is 3.03. The summed E-state index contributed by atoms with van der Waals surface area (Å²) in [5.74, 6) is 0. The van der Waals surface area contributed by atoms with E-state index in [9.17, 15) is 8.42 Å². The monoisotopic (exact) mass is 298 g/mol. The molecule has 6 nitrogen and oxygen atoms in total. The van der Waals surface area contributed by atoms with Crippen molar-refractivity contribution >= 4 is 21.0 Å². The highest BCUT2D eigenvalue weighted by Gasteiger charge is 2.11. The summed E-state index contributed by atoms with van der Waals surface area (Å²) in [6.45, 7) is 0. The minimum Gasteiger partial charge on any atom is -0.283 e. The van der Waals surface area contributed by atoms with E-state index >= 15 is 0 Å². The highest BCUT2D eigenvalue weighted by atomic mass is 32.2. The standard InChI is InChI=1S/C14H10N4O2S/c1-21(19,20)12-4-2-3-11(7-12)18-9-16-13-6-5-10(8-15)17-14(13)18/h2-7,9H,1H3. The topological polar surface area (TPSA) is 88.6 Å². The fourth-order valence-corrected chi connectivity index (χ4v) is 2.67. The minimum absolute atomic E-state index is 0.221. The van der Waals surface area contributed by atoms with Crippen molar-refractivity contribution in [1.82, 2.24) is 14.5 Å². The van der Waals surface area contributed by atoms with Crippen LogP contribution in [0.25, 0.3) is 16.9 Å². The van der Waals surface area contributed by atoms with Crippen molar-refractivity contribution in [3.63, 3.8) is 0 Å². The molecule has 3 aromatic rings. The summed E-state index contributed by atoms with van der Waals surface area (Å²) in [7, 11) is -3.29. The van der Waals surface area contributed by atoms with Crippen molar-refractivity contribution in [3.8, 4) is 11.8 Å². The van der Waals surface area contributed by atoms with Crippen molar-refractivity contribution in [3.05, 3.63) is 48.4 Å². The third kappa shape index (κ3) is 2.37. The Morgan fingerprint density at radius 1 is 1.24 bits per heavy atom. The fourth-order valence-electron chi connectivity index (χ4n) is 2.01. The summed E-state index contributed by atoms with van der Waals surface area (Å²) in [4.78, 5) is 8.64. The summed E-state index contributed by atoms with van der Waals surface area (Å²) >= 11 is 0. The first-order chi connectivity index (χ1) is 9.99. The molecule has 0 radical (unpaired) electrons. The smallest absolute Gasteiger partial charge is 0.175 e. The normalized spacial score (nSPS) is 11.4. The SMILES string of the molecule is CS(=O)(=O)c1cccc(-n2cnc3ccc(C#N)nc32)c1. The van der Waals surface area contributed by atoms with Crippen LogP contribution in [0, 0.1) is 11.3 Å². The second-order valence-corrected chi connectivity index (χ2v) is 6.55. The van der Waals surface area contributed by atoms with Crippen LogP contribution in [0.2, 0.25) is 0 Å². The van der Waals surface area contributed by atoms with Crippen molar-refractivity contribution < 1.29 is 8.42 Å². The van der Waals surface area contributed by atoms with Gasteiger partial charge in [0.2, 0.25) is 0 Å². The number of hydrogen-bond donors (Lipinski definition) is 0. The second-order valence-electron chi connectivity index (χ2n) is 4.54. The van der Waals surface area contributed by atoms with Gasteiger partial charge in [0.05, 0.1) is 4.90 Å². The van der Waals surface area contributed by atoms with Gasteiger partial charge < -0.3 is 0 Å². The Bertz CT molecular complexity index is 984. The number of aromatic nitrogens is 3. The van der Waals surface area contributed by atoms with Gasteiger partial charge in [-0.2, -0.15) is 5.26 Å². The van der Waals surface area contributed by atoms with E-state index in [-0.39, 0.29) is 10.6 Å². The Labute approximate surface area is 121 Å². The maximum Gasteiger partial charge on any atom is 0.175 e. The number of nitriles is 1. The third-order valence-corrected chi connectivity index (χ3v) is 4.14. The molecule has 0 saturated carbocycles. The zero-order chi connectivity index (χ0) is 15.0. The maximum absolute atomic E-state index is 11.6. The largest absolute Gasteiger partial charge is 0.283 e. The van der Waals surface area contributed by atoms with E-state index in [1.807, 2.05) is 6.07 Å². The van der Waals surface area contributed by atoms with Crippen LogP contribution in [0.15, 0.2) is 47.6 Å². The molecule has 0 N–H and O–H groups in total. The summed E-state index contributed by atoms with van der Waals surface area (Å²) in [6.07, 6.45) is 2.71. The molecule has 0 spiro atoms. The van der Waals surface area contributed by atoms with Crippen LogP contribution < -0.4 is 0 Å². The first kappa shape index (κ1) is 13.3. The lowest BCUT2D eigenvalue weighted by atomic mass is 10.3.